The van der Waals surface area contributed by atoms with E-state index in [2.05, 4.69) is 23.9 Å². The van der Waals surface area contributed by atoms with Gasteiger partial charge in [-0.2, -0.15) is 0 Å². The highest BCUT2D eigenvalue weighted by molar-refractivity contribution is 7.92. The first kappa shape index (κ1) is 20.0. The molecule has 0 aliphatic carbocycles. The lowest BCUT2D eigenvalue weighted by atomic mass is 10.0. The average Bonchev–Trinajstić information content (AvgIpc) is 2.53. The highest BCUT2D eigenvalue weighted by Crippen LogP contribution is 2.20. The van der Waals surface area contributed by atoms with Gasteiger partial charge in [0.15, 0.2) is 0 Å². The summed E-state index contributed by atoms with van der Waals surface area (Å²) in [6, 6.07) is 13.2. The second-order valence-corrected chi connectivity index (χ2v) is 9.29. The molecule has 26 heavy (non-hydrogen) atoms. The molecule has 1 amide bonds. The Kier molecular flexibility index (Phi) is 5.76. The quantitative estimate of drug-likeness (QED) is 0.826. The molecule has 0 aliphatic heterocycles. The molecule has 0 saturated heterocycles. The summed E-state index contributed by atoms with van der Waals surface area (Å²) in [7, 11) is -3.67. The molecule has 2 N–H and O–H groups in total. The molecule has 2 rings (SSSR count). The first-order valence-corrected chi connectivity index (χ1v) is 10.0. The summed E-state index contributed by atoms with van der Waals surface area (Å²) in [6.45, 7) is 9.81. The van der Waals surface area contributed by atoms with Gasteiger partial charge < -0.3 is 5.32 Å². The Balaban J connectivity index is 2.13. The molecule has 0 atom stereocenters. The van der Waals surface area contributed by atoms with E-state index < -0.39 is 10.0 Å². The van der Waals surface area contributed by atoms with Gasteiger partial charge in [-0.15, -0.1) is 0 Å². The summed E-state index contributed by atoms with van der Waals surface area (Å²) >= 11 is 0. The Hall–Kier alpha value is -2.34. The molecule has 2 aromatic carbocycles. The fourth-order valence-corrected chi connectivity index (χ4v) is 3.41. The van der Waals surface area contributed by atoms with Gasteiger partial charge >= 0.3 is 0 Å². The molecule has 0 heterocycles. The number of rotatable bonds is 5. The first-order chi connectivity index (χ1) is 12.0. The van der Waals surface area contributed by atoms with E-state index in [9.17, 15) is 13.2 Å². The molecule has 0 saturated carbocycles. The monoisotopic (exact) mass is 374 g/mol. The van der Waals surface area contributed by atoms with Crippen LogP contribution < -0.4 is 10.0 Å². The molecule has 0 aliphatic rings. The van der Waals surface area contributed by atoms with Gasteiger partial charge in [0.25, 0.3) is 15.9 Å². The zero-order valence-corrected chi connectivity index (χ0v) is 16.6. The third-order valence-electron chi connectivity index (χ3n) is 3.74. The largest absolute Gasteiger partial charge is 0.347 e. The van der Waals surface area contributed by atoms with Crippen molar-refractivity contribution in [3.05, 3.63) is 59.7 Å². The van der Waals surface area contributed by atoms with Crippen molar-refractivity contribution in [3.63, 3.8) is 0 Å². The predicted molar refractivity (Wildman–Crippen MR) is 105 cm³/mol. The molecular weight excluding hydrogens is 348 g/mol. The van der Waals surface area contributed by atoms with Crippen LogP contribution in [0.15, 0.2) is 53.4 Å². The first-order valence-electron chi connectivity index (χ1n) is 8.53. The van der Waals surface area contributed by atoms with Crippen molar-refractivity contribution in [2.45, 2.75) is 51.0 Å². The molecular formula is C20H26N2O3S. The number of nitrogens with one attached hydrogen (secondary N) is 2. The van der Waals surface area contributed by atoms with Crippen molar-refractivity contribution < 1.29 is 13.2 Å². The predicted octanol–water partition coefficient (Wildman–Crippen LogP) is 4.14. The summed E-state index contributed by atoms with van der Waals surface area (Å²) in [5, 5.41) is 2.87. The van der Waals surface area contributed by atoms with E-state index in [4.69, 9.17) is 0 Å². The summed E-state index contributed by atoms with van der Waals surface area (Å²) in [5.74, 6) is 0.141. The van der Waals surface area contributed by atoms with Crippen LogP contribution in [0.1, 0.15) is 56.5 Å². The van der Waals surface area contributed by atoms with E-state index in [1.807, 2.05) is 32.9 Å². The van der Waals surface area contributed by atoms with Gasteiger partial charge in [0.05, 0.1) is 4.90 Å². The zero-order chi connectivity index (χ0) is 19.5. The highest BCUT2D eigenvalue weighted by atomic mass is 32.2. The van der Waals surface area contributed by atoms with Gasteiger partial charge in [0.2, 0.25) is 0 Å². The maximum Gasteiger partial charge on any atom is 0.261 e. The van der Waals surface area contributed by atoms with Crippen molar-refractivity contribution in [2.24, 2.45) is 0 Å². The third kappa shape index (κ3) is 5.33. The molecule has 2 aromatic rings. The van der Waals surface area contributed by atoms with Crippen LogP contribution in [0.5, 0.6) is 0 Å². The fourth-order valence-electron chi connectivity index (χ4n) is 2.35. The number of benzene rings is 2. The summed E-state index contributed by atoms with van der Waals surface area (Å²) in [6.07, 6.45) is 0. The number of amides is 1. The zero-order valence-electron chi connectivity index (χ0n) is 15.8. The Morgan fingerprint density at radius 3 is 1.92 bits per heavy atom. The lowest BCUT2D eigenvalue weighted by molar-refractivity contribution is 0.0919. The molecule has 6 heteroatoms. The van der Waals surface area contributed by atoms with Gasteiger partial charge in [-0.1, -0.05) is 26.0 Å². The molecule has 0 radical (unpaired) electrons. The number of carbonyl (C=O) groups excluding carboxylic acids is 1. The molecule has 0 spiro atoms. The van der Waals surface area contributed by atoms with Crippen LogP contribution in [0, 0.1) is 0 Å². The SMILES string of the molecule is CC(C)c1ccc(S(=O)(=O)Nc2ccc(C(=O)NC(C)(C)C)cc2)cc1. The Morgan fingerprint density at radius 2 is 1.46 bits per heavy atom. The lowest BCUT2D eigenvalue weighted by Crippen LogP contribution is -2.40. The minimum Gasteiger partial charge on any atom is -0.347 e. The third-order valence-corrected chi connectivity index (χ3v) is 5.14. The molecule has 0 bridgehead atoms. The Morgan fingerprint density at radius 1 is 0.923 bits per heavy atom. The number of hydrogen-bond acceptors (Lipinski definition) is 3. The minimum absolute atomic E-state index is 0.198. The molecule has 0 aromatic heterocycles. The van der Waals surface area contributed by atoms with Gasteiger partial charge in [0, 0.05) is 16.8 Å². The van der Waals surface area contributed by atoms with E-state index in [-0.39, 0.29) is 16.3 Å². The Bertz CT molecular complexity index is 863. The smallest absolute Gasteiger partial charge is 0.261 e. The minimum atomic E-state index is -3.67. The van der Waals surface area contributed by atoms with Gasteiger partial charge in [-0.25, -0.2) is 8.42 Å². The summed E-state index contributed by atoms with van der Waals surface area (Å²) < 4.78 is 27.5. The van der Waals surface area contributed by atoms with Crippen molar-refractivity contribution in [3.8, 4) is 0 Å². The van der Waals surface area contributed by atoms with Crippen LogP contribution in [-0.4, -0.2) is 19.9 Å². The van der Waals surface area contributed by atoms with Crippen LogP contribution in [0.4, 0.5) is 5.69 Å². The number of sulfonamides is 1. The second kappa shape index (κ2) is 7.50. The topological polar surface area (TPSA) is 75.3 Å². The number of hydrogen-bond donors (Lipinski definition) is 2. The van der Waals surface area contributed by atoms with E-state index in [0.29, 0.717) is 17.2 Å². The number of carbonyl (C=O) groups is 1. The van der Waals surface area contributed by atoms with Crippen molar-refractivity contribution in [1.82, 2.24) is 5.32 Å². The summed E-state index contributed by atoms with van der Waals surface area (Å²) in [4.78, 5) is 12.3. The maximum atomic E-state index is 12.5. The number of anilines is 1. The lowest BCUT2D eigenvalue weighted by Gasteiger charge is -2.20. The van der Waals surface area contributed by atoms with Gasteiger partial charge in [-0.3, -0.25) is 9.52 Å². The van der Waals surface area contributed by atoms with Gasteiger partial charge in [0.1, 0.15) is 0 Å². The van der Waals surface area contributed by atoms with Crippen LogP contribution in [0.3, 0.4) is 0 Å². The molecule has 5 nitrogen and oxygen atoms in total. The van der Waals surface area contributed by atoms with Crippen LogP contribution >= 0.6 is 0 Å². The standard InChI is InChI=1S/C20H26N2O3S/c1-14(2)15-8-12-18(13-9-15)26(24,25)22-17-10-6-16(7-11-17)19(23)21-20(3,4)5/h6-14,22H,1-5H3,(H,21,23). The maximum absolute atomic E-state index is 12.5. The van der Waals surface area contributed by atoms with Crippen LogP contribution in [-0.2, 0) is 10.0 Å². The molecule has 140 valence electrons. The van der Waals surface area contributed by atoms with Crippen molar-refractivity contribution in [1.29, 1.82) is 0 Å². The normalized spacial score (nSPS) is 12.1. The van der Waals surface area contributed by atoms with E-state index in [0.717, 1.165) is 5.56 Å². The van der Waals surface area contributed by atoms with E-state index >= 15 is 0 Å². The van der Waals surface area contributed by atoms with E-state index in [1.165, 1.54) is 0 Å². The van der Waals surface area contributed by atoms with Crippen molar-refractivity contribution in [2.75, 3.05) is 4.72 Å². The van der Waals surface area contributed by atoms with Crippen LogP contribution in [0.2, 0.25) is 0 Å². The molecule has 0 fully saturated rings. The van der Waals surface area contributed by atoms with E-state index in [1.54, 1.807) is 36.4 Å². The average molecular weight is 375 g/mol. The van der Waals surface area contributed by atoms with Crippen molar-refractivity contribution >= 4 is 21.6 Å². The Labute approximate surface area is 155 Å². The van der Waals surface area contributed by atoms with Gasteiger partial charge in [-0.05, 0) is 68.7 Å². The molecule has 0 unspecified atom stereocenters. The summed E-state index contributed by atoms with van der Waals surface area (Å²) in [5.41, 5.74) is 1.63. The van der Waals surface area contributed by atoms with Crippen LogP contribution in [0.25, 0.3) is 0 Å². The second-order valence-electron chi connectivity index (χ2n) is 7.61. The highest BCUT2D eigenvalue weighted by Gasteiger charge is 2.17. The fraction of sp³-hybridized carbons (Fsp3) is 0.350.